The van der Waals surface area contributed by atoms with Gasteiger partial charge >= 0.3 is 5.97 Å². The number of hydrogen-bond acceptors (Lipinski definition) is 4. The predicted octanol–water partition coefficient (Wildman–Crippen LogP) is 0.180. The number of aromatic nitrogens is 2. The van der Waals surface area contributed by atoms with E-state index in [0.717, 1.165) is 0 Å². The van der Waals surface area contributed by atoms with E-state index in [2.05, 4.69) is 25.7 Å². The molecule has 0 aliphatic heterocycles. The molecule has 5 nitrogen and oxygen atoms in total. The minimum absolute atomic E-state index is 0.201. The molecule has 0 fully saturated rings. The maximum absolute atomic E-state index is 11.2. The fourth-order valence-corrected chi connectivity index (χ4v) is 1.39. The van der Waals surface area contributed by atoms with E-state index in [4.69, 9.17) is 0 Å². The third-order valence-corrected chi connectivity index (χ3v) is 2.27. The highest BCUT2D eigenvalue weighted by atomic mass is 79.9. The van der Waals surface area contributed by atoms with E-state index >= 15 is 0 Å². The van der Waals surface area contributed by atoms with Crippen molar-refractivity contribution in [3.63, 3.8) is 0 Å². The van der Waals surface area contributed by atoms with Gasteiger partial charge in [0.2, 0.25) is 0 Å². The number of hydrogen-bond donors (Lipinski definition) is 0. The summed E-state index contributed by atoms with van der Waals surface area (Å²) in [4.78, 5) is 25.5. The molecule has 0 radical (unpaired) electrons. The van der Waals surface area contributed by atoms with Crippen molar-refractivity contribution in [2.75, 3.05) is 7.11 Å². The highest BCUT2D eigenvalue weighted by Gasteiger charge is 2.15. The molecule has 0 saturated heterocycles. The summed E-state index contributed by atoms with van der Waals surface area (Å²) in [7, 11) is 1.29. The predicted molar refractivity (Wildman–Crippen MR) is 53.2 cm³/mol. The summed E-state index contributed by atoms with van der Waals surface area (Å²) in [6, 6.07) is 1.33. The standard InChI is InChI=1S/C8H9BrN2O3/c1-14-8(13)6(9)4-11-5-10-3-2-7(11)12/h2-3,5-6H,4H2,1H3. The highest BCUT2D eigenvalue weighted by molar-refractivity contribution is 9.10. The maximum atomic E-state index is 11.2. The Morgan fingerprint density at radius 1 is 1.79 bits per heavy atom. The molecular weight excluding hydrogens is 252 g/mol. The van der Waals surface area contributed by atoms with Crippen LogP contribution in [0.4, 0.5) is 0 Å². The normalized spacial score (nSPS) is 12.1. The lowest BCUT2D eigenvalue weighted by molar-refractivity contribution is -0.140. The Labute approximate surface area is 88.8 Å². The van der Waals surface area contributed by atoms with Gasteiger partial charge in [-0.1, -0.05) is 15.9 Å². The molecule has 1 unspecified atom stereocenters. The number of alkyl halides is 1. The number of esters is 1. The van der Waals surface area contributed by atoms with Crippen LogP contribution in [0.1, 0.15) is 0 Å². The summed E-state index contributed by atoms with van der Waals surface area (Å²) in [5.41, 5.74) is -0.201. The molecule has 0 aliphatic carbocycles. The van der Waals surface area contributed by atoms with Crippen LogP contribution >= 0.6 is 15.9 Å². The first-order valence-electron chi connectivity index (χ1n) is 3.87. The van der Waals surface area contributed by atoms with Gasteiger partial charge in [0.1, 0.15) is 4.83 Å². The third kappa shape index (κ3) is 2.66. The Morgan fingerprint density at radius 2 is 2.50 bits per heavy atom. The zero-order chi connectivity index (χ0) is 10.6. The number of halogens is 1. The largest absolute Gasteiger partial charge is 0.468 e. The second-order valence-corrected chi connectivity index (χ2v) is 3.67. The van der Waals surface area contributed by atoms with Crippen molar-refractivity contribution in [3.05, 3.63) is 28.9 Å². The number of methoxy groups -OCH3 is 1. The van der Waals surface area contributed by atoms with Crippen molar-refractivity contribution in [2.24, 2.45) is 0 Å². The lowest BCUT2D eigenvalue weighted by Crippen LogP contribution is -2.28. The van der Waals surface area contributed by atoms with Gasteiger partial charge in [0, 0.05) is 12.3 Å². The van der Waals surface area contributed by atoms with Gasteiger partial charge in [0.25, 0.3) is 5.56 Å². The van der Waals surface area contributed by atoms with Crippen LogP contribution in [-0.4, -0.2) is 27.5 Å². The van der Waals surface area contributed by atoms with Crippen LogP contribution < -0.4 is 5.56 Å². The zero-order valence-corrected chi connectivity index (χ0v) is 9.10. The average Bonchev–Trinajstić information content (AvgIpc) is 2.20. The molecule has 1 aromatic heterocycles. The minimum Gasteiger partial charge on any atom is -0.468 e. The molecule has 0 N–H and O–H groups in total. The highest BCUT2D eigenvalue weighted by Crippen LogP contribution is 2.03. The second-order valence-electron chi connectivity index (χ2n) is 2.56. The van der Waals surface area contributed by atoms with Crippen LogP contribution in [0.3, 0.4) is 0 Å². The lowest BCUT2D eigenvalue weighted by Gasteiger charge is -2.08. The number of ether oxygens (including phenoxy) is 1. The van der Waals surface area contributed by atoms with Gasteiger partial charge in [-0.05, 0) is 0 Å². The van der Waals surface area contributed by atoms with Crippen molar-refractivity contribution in [1.29, 1.82) is 0 Å². The number of rotatable bonds is 3. The maximum Gasteiger partial charge on any atom is 0.321 e. The van der Waals surface area contributed by atoms with Crippen LogP contribution in [0, 0.1) is 0 Å². The number of carbonyl (C=O) groups is 1. The molecule has 1 aromatic rings. The van der Waals surface area contributed by atoms with Gasteiger partial charge in [-0.15, -0.1) is 0 Å². The van der Waals surface area contributed by atoms with E-state index in [-0.39, 0.29) is 12.1 Å². The molecule has 14 heavy (non-hydrogen) atoms. The molecule has 76 valence electrons. The van der Waals surface area contributed by atoms with Crippen molar-refractivity contribution < 1.29 is 9.53 Å². The molecule has 1 atom stereocenters. The molecule has 0 amide bonds. The number of nitrogens with zero attached hydrogens (tertiary/aromatic N) is 2. The van der Waals surface area contributed by atoms with Crippen LogP contribution in [-0.2, 0) is 16.1 Å². The van der Waals surface area contributed by atoms with Crippen molar-refractivity contribution >= 4 is 21.9 Å². The van der Waals surface area contributed by atoms with E-state index < -0.39 is 10.8 Å². The topological polar surface area (TPSA) is 61.2 Å². The second kappa shape index (κ2) is 4.90. The Morgan fingerprint density at radius 3 is 3.07 bits per heavy atom. The molecule has 6 heteroatoms. The van der Waals surface area contributed by atoms with E-state index in [1.165, 1.54) is 30.3 Å². The SMILES string of the molecule is COC(=O)C(Br)Cn1cnccc1=O. The molecule has 0 bridgehead atoms. The van der Waals surface area contributed by atoms with Crippen molar-refractivity contribution in [1.82, 2.24) is 9.55 Å². The summed E-state index contributed by atoms with van der Waals surface area (Å²) in [5.74, 6) is -0.416. The monoisotopic (exact) mass is 260 g/mol. The van der Waals surface area contributed by atoms with Gasteiger partial charge in [0.05, 0.1) is 20.0 Å². The lowest BCUT2D eigenvalue weighted by atomic mass is 10.4. The summed E-state index contributed by atoms with van der Waals surface area (Å²) < 4.78 is 5.83. The molecule has 0 aromatic carbocycles. The Bertz CT molecular complexity index is 377. The van der Waals surface area contributed by atoms with Gasteiger partial charge in [-0.3, -0.25) is 14.2 Å². The van der Waals surface area contributed by atoms with E-state index in [1.54, 1.807) is 0 Å². The van der Waals surface area contributed by atoms with Crippen molar-refractivity contribution in [3.8, 4) is 0 Å². The summed E-state index contributed by atoms with van der Waals surface area (Å²) in [5, 5.41) is 0. The van der Waals surface area contributed by atoms with Gasteiger partial charge in [-0.25, -0.2) is 4.98 Å². The van der Waals surface area contributed by atoms with Crippen LogP contribution in [0.15, 0.2) is 23.4 Å². The van der Waals surface area contributed by atoms with Crippen LogP contribution in [0.25, 0.3) is 0 Å². The first-order valence-corrected chi connectivity index (χ1v) is 4.79. The zero-order valence-electron chi connectivity index (χ0n) is 7.51. The minimum atomic E-state index is -0.533. The van der Waals surface area contributed by atoms with Gasteiger partial charge in [-0.2, -0.15) is 0 Å². The van der Waals surface area contributed by atoms with E-state index in [0.29, 0.717) is 0 Å². The van der Waals surface area contributed by atoms with Gasteiger partial charge in [0.15, 0.2) is 0 Å². The fourth-order valence-electron chi connectivity index (χ4n) is 0.891. The molecule has 0 aliphatic rings. The summed E-state index contributed by atoms with van der Waals surface area (Å²) >= 11 is 3.11. The fraction of sp³-hybridized carbons (Fsp3) is 0.375. The number of carbonyl (C=O) groups excluding carboxylic acids is 1. The molecule has 0 saturated carbocycles. The first-order chi connectivity index (χ1) is 6.65. The first kappa shape index (κ1) is 10.9. The smallest absolute Gasteiger partial charge is 0.321 e. The Hall–Kier alpha value is -1.17. The molecule has 1 rings (SSSR count). The van der Waals surface area contributed by atoms with Crippen molar-refractivity contribution in [2.45, 2.75) is 11.4 Å². The quantitative estimate of drug-likeness (QED) is 0.575. The Kier molecular flexibility index (Phi) is 3.82. The Balaban J connectivity index is 2.74. The average molecular weight is 261 g/mol. The molecule has 0 spiro atoms. The van der Waals surface area contributed by atoms with E-state index in [1.807, 2.05) is 0 Å². The van der Waals surface area contributed by atoms with Crippen LogP contribution in [0.5, 0.6) is 0 Å². The summed E-state index contributed by atoms with van der Waals surface area (Å²) in [6.07, 6.45) is 2.78. The summed E-state index contributed by atoms with van der Waals surface area (Å²) in [6.45, 7) is 0.208. The molecular formula is C8H9BrN2O3. The van der Waals surface area contributed by atoms with E-state index in [9.17, 15) is 9.59 Å². The van der Waals surface area contributed by atoms with Crippen LogP contribution in [0.2, 0.25) is 0 Å². The third-order valence-electron chi connectivity index (χ3n) is 1.61. The van der Waals surface area contributed by atoms with Gasteiger partial charge < -0.3 is 4.74 Å². The molecule has 1 heterocycles.